The first-order valence-corrected chi connectivity index (χ1v) is 7.80. The quantitative estimate of drug-likeness (QED) is 0.509. The molecule has 1 heterocycles. The first-order valence-electron chi connectivity index (χ1n) is 7.80. The van der Waals surface area contributed by atoms with Crippen LogP contribution in [0, 0.1) is 12.7 Å². The smallest absolute Gasteiger partial charge is 0.341 e. The number of esters is 1. The van der Waals surface area contributed by atoms with Crippen molar-refractivity contribution in [3.05, 3.63) is 77.9 Å². The Morgan fingerprint density at radius 1 is 1.08 bits per heavy atom. The fourth-order valence-electron chi connectivity index (χ4n) is 2.34. The third-order valence-corrected chi connectivity index (χ3v) is 3.63. The van der Waals surface area contributed by atoms with Gasteiger partial charge in [0.2, 0.25) is 0 Å². The molecule has 6 heteroatoms. The average Bonchev–Trinajstić information content (AvgIpc) is 3.02. The zero-order chi connectivity index (χ0) is 17.6. The zero-order valence-corrected chi connectivity index (χ0v) is 13.7. The maximum absolute atomic E-state index is 12.8. The van der Waals surface area contributed by atoms with Crippen molar-refractivity contribution in [2.24, 2.45) is 0 Å². The predicted octanol–water partition coefficient (Wildman–Crippen LogP) is 3.56. The molecule has 0 bridgehead atoms. The fraction of sp³-hybridized carbons (Fsp3) is 0.158. The first kappa shape index (κ1) is 16.7. The largest absolute Gasteiger partial charge is 0.490 e. The summed E-state index contributed by atoms with van der Waals surface area (Å²) in [5.41, 5.74) is 1.99. The third-order valence-electron chi connectivity index (χ3n) is 3.63. The van der Waals surface area contributed by atoms with Gasteiger partial charge in [0.15, 0.2) is 0 Å². The molecule has 0 amide bonds. The Morgan fingerprint density at radius 3 is 2.52 bits per heavy atom. The number of para-hydroxylation sites is 1. The van der Waals surface area contributed by atoms with Gasteiger partial charge < -0.3 is 9.47 Å². The van der Waals surface area contributed by atoms with E-state index in [-0.39, 0.29) is 19.0 Å². The van der Waals surface area contributed by atoms with Crippen molar-refractivity contribution in [2.75, 3.05) is 13.2 Å². The molecular formula is C19H17FN2O3. The van der Waals surface area contributed by atoms with Crippen molar-refractivity contribution in [1.29, 1.82) is 0 Å². The van der Waals surface area contributed by atoms with Gasteiger partial charge in [-0.25, -0.2) is 13.9 Å². The molecule has 0 aliphatic rings. The average molecular weight is 340 g/mol. The number of nitrogens with zero attached hydrogens (tertiary/aromatic N) is 2. The molecule has 0 atom stereocenters. The summed E-state index contributed by atoms with van der Waals surface area (Å²) in [6.45, 7) is 2.08. The molecule has 5 nitrogen and oxygen atoms in total. The number of hydrogen-bond acceptors (Lipinski definition) is 4. The second kappa shape index (κ2) is 7.61. The lowest BCUT2D eigenvalue weighted by molar-refractivity contribution is 0.0449. The lowest BCUT2D eigenvalue weighted by atomic mass is 10.2. The van der Waals surface area contributed by atoms with E-state index in [2.05, 4.69) is 5.10 Å². The van der Waals surface area contributed by atoms with E-state index in [0.29, 0.717) is 17.0 Å². The number of carbonyl (C=O) groups excluding carboxylic acids is 1. The minimum Gasteiger partial charge on any atom is -0.490 e. The highest BCUT2D eigenvalue weighted by molar-refractivity contribution is 5.90. The Balaban J connectivity index is 1.55. The summed E-state index contributed by atoms with van der Waals surface area (Å²) in [5, 5.41) is 4.24. The molecule has 0 spiro atoms. The van der Waals surface area contributed by atoms with Crippen LogP contribution in [0.4, 0.5) is 4.39 Å². The molecule has 0 saturated carbocycles. The van der Waals surface area contributed by atoms with Crippen LogP contribution in [0.5, 0.6) is 5.75 Å². The molecule has 0 fully saturated rings. The molecule has 0 N–H and O–H groups in total. The molecule has 0 aliphatic carbocycles. The van der Waals surface area contributed by atoms with E-state index < -0.39 is 5.97 Å². The second-order valence-corrected chi connectivity index (χ2v) is 5.33. The fourth-order valence-corrected chi connectivity index (χ4v) is 2.34. The van der Waals surface area contributed by atoms with Gasteiger partial charge in [-0.1, -0.05) is 18.2 Å². The van der Waals surface area contributed by atoms with E-state index in [1.54, 1.807) is 4.68 Å². The van der Waals surface area contributed by atoms with Gasteiger partial charge in [-0.15, -0.1) is 0 Å². The summed E-state index contributed by atoms with van der Waals surface area (Å²) in [5.74, 6) is -0.266. The summed E-state index contributed by atoms with van der Waals surface area (Å²) in [4.78, 5) is 12.2. The monoisotopic (exact) mass is 340 g/mol. The number of halogens is 1. The summed E-state index contributed by atoms with van der Waals surface area (Å²) < 4.78 is 25.1. The second-order valence-electron chi connectivity index (χ2n) is 5.33. The Hall–Kier alpha value is -3.15. The molecule has 2 aromatic carbocycles. The van der Waals surface area contributed by atoms with Gasteiger partial charge in [-0.3, -0.25) is 0 Å². The van der Waals surface area contributed by atoms with Gasteiger partial charge in [-0.05, 0) is 43.3 Å². The molecule has 0 aliphatic heterocycles. The van der Waals surface area contributed by atoms with Crippen LogP contribution in [-0.4, -0.2) is 29.0 Å². The van der Waals surface area contributed by atoms with Gasteiger partial charge >= 0.3 is 5.97 Å². The van der Waals surface area contributed by atoms with Crippen LogP contribution in [0.15, 0.2) is 60.8 Å². The van der Waals surface area contributed by atoms with E-state index in [0.717, 1.165) is 5.69 Å². The van der Waals surface area contributed by atoms with E-state index in [4.69, 9.17) is 9.47 Å². The van der Waals surface area contributed by atoms with Crippen molar-refractivity contribution < 1.29 is 18.7 Å². The normalized spacial score (nSPS) is 10.5. The Labute approximate surface area is 144 Å². The van der Waals surface area contributed by atoms with Crippen LogP contribution in [0.2, 0.25) is 0 Å². The molecule has 0 saturated heterocycles. The summed E-state index contributed by atoms with van der Waals surface area (Å²) in [7, 11) is 0. The molecule has 3 aromatic rings. The highest BCUT2D eigenvalue weighted by Gasteiger charge is 2.16. The Kier molecular flexibility index (Phi) is 5.09. The molecular weight excluding hydrogens is 323 g/mol. The van der Waals surface area contributed by atoms with Gasteiger partial charge in [0.1, 0.15) is 30.3 Å². The van der Waals surface area contributed by atoms with Gasteiger partial charge in [0, 0.05) is 0 Å². The number of rotatable bonds is 6. The topological polar surface area (TPSA) is 53.4 Å². The van der Waals surface area contributed by atoms with Crippen molar-refractivity contribution in [3.8, 4) is 11.4 Å². The summed E-state index contributed by atoms with van der Waals surface area (Å²) in [6, 6.07) is 15.2. The van der Waals surface area contributed by atoms with Crippen molar-refractivity contribution in [2.45, 2.75) is 6.92 Å². The number of ether oxygens (including phenoxy) is 2. The molecule has 0 unspecified atom stereocenters. The molecule has 1 aromatic heterocycles. The van der Waals surface area contributed by atoms with E-state index in [1.807, 2.05) is 37.3 Å². The minimum atomic E-state index is -0.456. The third kappa shape index (κ3) is 4.03. The highest BCUT2D eigenvalue weighted by atomic mass is 19.1. The van der Waals surface area contributed by atoms with Crippen molar-refractivity contribution in [1.82, 2.24) is 9.78 Å². The molecule has 25 heavy (non-hydrogen) atoms. The van der Waals surface area contributed by atoms with Gasteiger partial charge in [0.25, 0.3) is 0 Å². The molecule has 128 valence electrons. The molecule has 0 radical (unpaired) electrons. The zero-order valence-electron chi connectivity index (χ0n) is 13.7. The highest BCUT2D eigenvalue weighted by Crippen LogP contribution is 2.15. The SMILES string of the molecule is Cc1c(C(=O)OCCOc2ccc(F)cc2)cnn1-c1ccccc1. The number of carbonyl (C=O) groups is 1. The van der Waals surface area contributed by atoms with Crippen LogP contribution >= 0.6 is 0 Å². The lowest BCUT2D eigenvalue weighted by Crippen LogP contribution is -2.13. The lowest BCUT2D eigenvalue weighted by Gasteiger charge is -2.08. The standard InChI is InChI=1S/C19H17FN2O3/c1-14-18(13-21-22(14)16-5-3-2-4-6-16)19(23)25-12-11-24-17-9-7-15(20)8-10-17/h2-10,13H,11-12H2,1H3. The van der Waals surface area contributed by atoms with Crippen molar-refractivity contribution in [3.63, 3.8) is 0 Å². The van der Waals surface area contributed by atoms with Crippen LogP contribution < -0.4 is 4.74 Å². The number of hydrogen-bond donors (Lipinski definition) is 0. The van der Waals surface area contributed by atoms with Crippen LogP contribution in [0.1, 0.15) is 16.1 Å². The van der Waals surface area contributed by atoms with Crippen LogP contribution in [0.25, 0.3) is 5.69 Å². The maximum atomic E-state index is 12.8. The Bertz CT molecular complexity index is 845. The summed E-state index contributed by atoms with van der Waals surface area (Å²) >= 11 is 0. The minimum absolute atomic E-state index is 0.0895. The number of aromatic nitrogens is 2. The van der Waals surface area contributed by atoms with Crippen LogP contribution in [-0.2, 0) is 4.74 Å². The van der Waals surface area contributed by atoms with E-state index in [9.17, 15) is 9.18 Å². The first-order chi connectivity index (χ1) is 12.1. The number of benzene rings is 2. The predicted molar refractivity (Wildman–Crippen MR) is 90.5 cm³/mol. The Morgan fingerprint density at radius 2 is 1.80 bits per heavy atom. The van der Waals surface area contributed by atoms with Gasteiger partial charge in [0.05, 0.1) is 17.6 Å². The van der Waals surface area contributed by atoms with E-state index >= 15 is 0 Å². The van der Waals surface area contributed by atoms with Crippen LogP contribution in [0.3, 0.4) is 0 Å². The molecule has 3 rings (SSSR count). The van der Waals surface area contributed by atoms with Gasteiger partial charge in [-0.2, -0.15) is 5.10 Å². The van der Waals surface area contributed by atoms with Crippen molar-refractivity contribution >= 4 is 5.97 Å². The summed E-state index contributed by atoms with van der Waals surface area (Å²) in [6.07, 6.45) is 1.49. The van der Waals surface area contributed by atoms with E-state index in [1.165, 1.54) is 30.5 Å². The maximum Gasteiger partial charge on any atom is 0.341 e.